The van der Waals surface area contributed by atoms with Gasteiger partial charge in [-0.25, -0.2) is 4.79 Å². The van der Waals surface area contributed by atoms with E-state index >= 15 is 0 Å². The smallest absolute Gasteiger partial charge is 0.340 e. The summed E-state index contributed by atoms with van der Waals surface area (Å²) in [7, 11) is 1.32. The Morgan fingerprint density at radius 1 is 1.33 bits per heavy atom. The molecule has 0 aliphatic carbocycles. The molecule has 2 aromatic rings. The summed E-state index contributed by atoms with van der Waals surface area (Å²) in [5, 5.41) is 13.6. The van der Waals surface area contributed by atoms with Crippen molar-refractivity contribution >= 4 is 23.3 Å². The van der Waals surface area contributed by atoms with Gasteiger partial charge in [0.15, 0.2) is 0 Å². The average Bonchev–Trinajstić information content (AvgIpc) is 2.49. The quantitative estimate of drug-likeness (QED) is 0.845. The Bertz CT molecular complexity index is 671. The summed E-state index contributed by atoms with van der Waals surface area (Å²) in [5.41, 5.74) is 2.52. The van der Waals surface area contributed by atoms with Gasteiger partial charge in [0.05, 0.1) is 12.7 Å². The molecule has 0 spiro atoms. The summed E-state index contributed by atoms with van der Waals surface area (Å²) in [6.07, 6.45) is 0. The predicted molar refractivity (Wildman–Crippen MR) is 83.0 cm³/mol. The standard InChI is InChI=1S/C16H16ClNO3/c1-10-4-3-5-11(15(10)19)9-18-14-7-6-12(17)8-13(14)16(20)21-2/h3-8,18-19H,9H2,1-2H3. The number of anilines is 1. The number of aromatic hydroxyl groups is 1. The first-order valence-corrected chi connectivity index (χ1v) is 6.80. The zero-order valence-electron chi connectivity index (χ0n) is 11.8. The molecule has 0 bridgehead atoms. The van der Waals surface area contributed by atoms with Gasteiger partial charge in [0, 0.05) is 22.8 Å². The molecule has 2 rings (SSSR count). The molecule has 4 nitrogen and oxygen atoms in total. The van der Waals surface area contributed by atoms with Crippen molar-refractivity contribution in [2.45, 2.75) is 13.5 Å². The first-order chi connectivity index (χ1) is 10.0. The molecular weight excluding hydrogens is 290 g/mol. The summed E-state index contributed by atoms with van der Waals surface area (Å²) in [6.45, 7) is 2.22. The minimum absolute atomic E-state index is 0.249. The highest BCUT2D eigenvalue weighted by molar-refractivity contribution is 6.31. The lowest BCUT2D eigenvalue weighted by atomic mass is 10.1. The number of nitrogens with one attached hydrogen (secondary N) is 1. The van der Waals surface area contributed by atoms with E-state index in [0.717, 1.165) is 11.1 Å². The number of ether oxygens (including phenoxy) is 1. The number of halogens is 1. The molecule has 0 atom stereocenters. The Morgan fingerprint density at radius 2 is 2.10 bits per heavy atom. The minimum Gasteiger partial charge on any atom is -0.507 e. The number of carbonyl (C=O) groups is 1. The van der Waals surface area contributed by atoms with Gasteiger partial charge in [0.1, 0.15) is 5.75 Å². The third-order valence-electron chi connectivity index (χ3n) is 3.18. The Hall–Kier alpha value is -2.20. The molecule has 0 unspecified atom stereocenters. The Morgan fingerprint density at radius 3 is 2.81 bits per heavy atom. The number of hydrogen-bond donors (Lipinski definition) is 2. The van der Waals surface area contributed by atoms with Crippen LogP contribution in [0.25, 0.3) is 0 Å². The molecule has 2 N–H and O–H groups in total. The number of hydrogen-bond acceptors (Lipinski definition) is 4. The zero-order chi connectivity index (χ0) is 15.4. The highest BCUT2D eigenvalue weighted by Gasteiger charge is 2.13. The molecule has 110 valence electrons. The fourth-order valence-electron chi connectivity index (χ4n) is 2.00. The number of benzene rings is 2. The van der Waals surface area contributed by atoms with Crippen molar-refractivity contribution in [3.05, 3.63) is 58.1 Å². The van der Waals surface area contributed by atoms with Gasteiger partial charge in [0.25, 0.3) is 0 Å². The molecule has 0 aliphatic rings. The van der Waals surface area contributed by atoms with Crippen molar-refractivity contribution in [3.8, 4) is 5.75 Å². The SMILES string of the molecule is COC(=O)c1cc(Cl)ccc1NCc1cccc(C)c1O. The van der Waals surface area contributed by atoms with Crippen LogP contribution in [-0.2, 0) is 11.3 Å². The van der Waals surface area contributed by atoms with E-state index in [2.05, 4.69) is 5.32 Å². The second kappa shape index (κ2) is 6.50. The summed E-state index contributed by atoms with van der Waals surface area (Å²) in [4.78, 5) is 11.7. The van der Waals surface area contributed by atoms with Crippen LogP contribution in [0, 0.1) is 6.92 Å². The fourth-order valence-corrected chi connectivity index (χ4v) is 2.17. The van der Waals surface area contributed by atoms with Gasteiger partial charge >= 0.3 is 5.97 Å². The van der Waals surface area contributed by atoms with E-state index in [1.54, 1.807) is 18.2 Å². The number of rotatable bonds is 4. The van der Waals surface area contributed by atoms with Crippen LogP contribution in [0.15, 0.2) is 36.4 Å². The Labute approximate surface area is 128 Å². The van der Waals surface area contributed by atoms with E-state index in [1.165, 1.54) is 7.11 Å². The predicted octanol–water partition coefficient (Wildman–Crippen LogP) is 3.75. The van der Waals surface area contributed by atoms with Crippen LogP contribution in [0.1, 0.15) is 21.5 Å². The number of esters is 1. The van der Waals surface area contributed by atoms with E-state index in [4.69, 9.17) is 16.3 Å². The molecule has 0 radical (unpaired) electrons. The Balaban J connectivity index is 2.24. The molecule has 0 saturated carbocycles. The molecule has 21 heavy (non-hydrogen) atoms. The number of carbonyl (C=O) groups excluding carboxylic acids is 1. The van der Waals surface area contributed by atoms with E-state index in [1.807, 2.05) is 25.1 Å². The minimum atomic E-state index is -0.464. The summed E-state index contributed by atoms with van der Waals surface area (Å²) in [5.74, 6) is -0.216. The van der Waals surface area contributed by atoms with Crippen molar-refractivity contribution in [1.82, 2.24) is 0 Å². The van der Waals surface area contributed by atoms with Crippen LogP contribution >= 0.6 is 11.6 Å². The lowest BCUT2D eigenvalue weighted by molar-refractivity contribution is 0.0602. The molecule has 5 heteroatoms. The molecule has 0 fully saturated rings. The van der Waals surface area contributed by atoms with Crippen molar-refractivity contribution in [3.63, 3.8) is 0 Å². The van der Waals surface area contributed by atoms with Crippen LogP contribution in [-0.4, -0.2) is 18.2 Å². The van der Waals surface area contributed by atoms with Crippen LogP contribution < -0.4 is 5.32 Å². The average molecular weight is 306 g/mol. The second-order valence-electron chi connectivity index (χ2n) is 4.62. The number of phenolic OH excluding ortho intramolecular Hbond substituents is 1. The third kappa shape index (κ3) is 3.47. The van der Waals surface area contributed by atoms with Crippen molar-refractivity contribution in [2.75, 3.05) is 12.4 Å². The van der Waals surface area contributed by atoms with E-state index in [-0.39, 0.29) is 5.75 Å². The maximum absolute atomic E-state index is 11.7. The van der Waals surface area contributed by atoms with Gasteiger partial charge in [-0.1, -0.05) is 29.8 Å². The van der Waals surface area contributed by atoms with E-state index in [0.29, 0.717) is 22.8 Å². The largest absolute Gasteiger partial charge is 0.507 e. The normalized spacial score (nSPS) is 10.2. The zero-order valence-corrected chi connectivity index (χ0v) is 12.6. The van der Waals surface area contributed by atoms with Crippen LogP contribution in [0.3, 0.4) is 0 Å². The van der Waals surface area contributed by atoms with E-state index < -0.39 is 5.97 Å². The summed E-state index contributed by atoms with van der Waals surface area (Å²) >= 11 is 5.91. The van der Waals surface area contributed by atoms with Crippen molar-refractivity contribution in [1.29, 1.82) is 0 Å². The highest BCUT2D eigenvalue weighted by atomic mass is 35.5. The highest BCUT2D eigenvalue weighted by Crippen LogP contribution is 2.25. The number of phenols is 1. The lowest BCUT2D eigenvalue weighted by Gasteiger charge is -2.13. The van der Waals surface area contributed by atoms with Gasteiger partial charge in [-0.3, -0.25) is 0 Å². The Kier molecular flexibility index (Phi) is 4.70. The number of para-hydroxylation sites is 1. The van der Waals surface area contributed by atoms with E-state index in [9.17, 15) is 9.90 Å². The first-order valence-electron chi connectivity index (χ1n) is 6.42. The fraction of sp³-hybridized carbons (Fsp3) is 0.188. The maximum Gasteiger partial charge on any atom is 0.340 e. The van der Waals surface area contributed by atoms with Gasteiger partial charge < -0.3 is 15.2 Å². The monoisotopic (exact) mass is 305 g/mol. The van der Waals surface area contributed by atoms with Crippen LogP contribution in [0.4, 0.5) is 5.69 Å². The first kappa shape index (κ1) is 15.2. The second-order valence-corrected chi connectivity index (χ2v) is 5.05. The van der Waals surface area contributed by atoms with Crippen molar-refractivity contribution in [2.24, 2.45) is 0 Å². The maximum atomic E-state index is 11.7. The summed E-state index contributed by atoms with van der Waals surface area (Å²) < 4.78 is 4.74. The molecule has 2 aromatic carbocycles. The summed E-state index contributed by atoms with van der Waals surface area (Å²) in [6, 6.07) is 10.5. The molecule has 0 amide bonds. The van der Waals surface area contributed by atoms with Gasteiger partial charge in [0.2, 0.25) is 0 Å². The number of methoxy groups -OCH3 is 1. The van der Waals surface area contributed by atoms with Crippen LogP contribution in [0.2, 0.25) is 5.02 Å². The topological polar surface area (TPSA) is 58.6 Å². The van der Waals surface area contributed by atoms with Gasteiger partial charge in [-0.2, -0.15) is 0 Å². The van der Waals surface area contributed by atoms with Gasteiger partial charge in [-0.15, -0.1) is 0 Å². The molecule has 0 heterocycles. The third-order valence-corrected chi connectivity index (χ3v) is 3.41. The lowest BCUT2D eigenvalue weighted by Crippen LogP contribution is -2.08. The van der Waals surface area contributed by atoms with Gasteiger partial charge in [-0.05, 0) is 30.7 Å². The molecule has 0 aromatic heterocycles. The van der Waals surface area contributed by atoms with Crippen LogP contribution in [0.5, 0.6) is 5.75 Å². The molecule has 0 aliphatic heterocycles. The van der Waals surface area contributed by atoms with Crippen molar-refractivity contribution < 1.29 is 14.6 Å². The molecular formula is C16H16ClNO3. The number of aryl methyl sites for hydroxylation is 1. The molecule has 0 saturated heterocycles.